The Labute approximate surface area is 125 Å². The largest absolute Gasteiger partial charge is 0.382 e. The summed E-state index contributed by atoms with van der Waals surface area (Å²) in [4.78, 5) is 15.6. The molecule has 0 saturated carbocycles. The van der Waals surface area contributed by atoms with E-state index in [0.717, 1.165) is 25.1 Å². The molecular weight excluding hydrogens is 290 g/mol. The maximum absolute atomic E-state index is 11.5. The molecule has 0 radical (unpaired) electrons. The molecule has 3 aromatic heterocycles. The highest BCUT2D eigenvalue weighted by atomic mass is 35.5. The van der Waals surface area contributed by atoms with Gasteiger partial charge in [0.2, 0.25) is 0 Å². The number of aromatic amines is 1. The highest BCUT2D eigenvalue weighted by molar-refractivity contribution is 6.30. The van der Waals surface area contributed by atoms with Gasteiger partial charge in [0.1, 0.15) is 0 Å². The molecule has 21 heavy (non-hydrogen) atoms. The molecule has 3 aromatic rings. The summed E-state index contributed by atoms with van der Waals surface area (Å²) in [7, 11) is 0. The van der Waals surface area contributed by atoms with Gasteiger partial charge in [0.15, 0.2) is 5.65 Å². The summed E-state index contributed by atoms with van der Waals surface area (Å²) in [5, 5.41) is 10.2. The minimum Gasteiger partial charge on any atom is -0.382 e. The lowest BCUT2D eigenvalue weighted by Gasteiger charge is -2.07. The SMILES string of the molecule is O=c1[nH]nc2c(NCCCc3cccnc3)cc(Cl)cn12. The van der Waals surface area contributed by atoms with Crippen molar-refractivity contribution in [2.75, 3.05) is 11.9 Å². The van der Waals surface area contributed by atoms with Crippen LogP contribution in [0.2, 0.25) is 5.02 Å². The van der Waals surface area contributed by atoms with Crippen molar-refractivity contribution < 1.29 is 0 Å². The van der Waals surface area contributed by atoms with Crippen LogP contribution in [-0.4, -0.2) is 26.1 Å². The van der Waals surface area contributed by atoms with E-state index in [9.17, 15) is 4.79 Å². The number of anilines is 1. The molecule has 2 N–H and O–H groups in total. The van der Waals surface area contributed by atoms with Gasteiger partial charge in [-0.3, -0.25) is 4.98 Å². The Kier molecular flexibility index (Phi) is 3.87. The molecule has 0 aliphatic carbocycles. The summed E-state index contributed by atoms with van der Waals surface area (Å²) >= 11 is 6.01. The molecule has 0 aromatic carbocycles. The quantitative estimate of drug-likeness (QED) is 0.708. The van der Waals surface area contributed by atoms with Gasteiger partial charge in [-0.25, -0.2) is 14.3 Å². The lowest BCUT2D eigenvalue weighted by Crippen LogP contribution is -2.10. The molecule has 6 nitrogen and oxygen atoms in total. The van der Waals surface area contributed by atoms with E-state index >= 15 is 0 Å². The first kappa shape index (κ1) is 13.6. The van der Waals surface area contributed by atoms with Crippen LogP contribution in [0.5, 0.6) is 0 Å². The van der Waals surface area contributed by atoms with Crippen molar-refractivity contribution in [2.45, 2.75) is 12.8 Å². The van der Waals surface area contributed by atoms with Crippen LogP contribution in [0.4, 0.5) is 5.69 Å². The van der Waals surface area contributed by atoms with Gasteiger partial charge in [-0.05, 0) is 30.5 Å². The van der Waals surface area contributed by atoms with E-state index in [1.165, 1.54) is 9.96 Å². The minimum atomic E-state index is -0.300. The lowest BCUT2D eigenvalue weighted by atomic mass is 10.1. The molecular formula is C14H14ClN5O. The van der Waals surface area contributed by atoms with Gasteiger partial charge in [0, 0.05) is 25.1 Å². The van der Waals surface area contributed by atoms with Gasteiger partial charge in [-0.1, -0.05) is 17.7 Å². The second-order valence-corrected chi connectivity index (χ2v) is 5.12. The van der Waals surface area contributed by atoms with Gasteiger partial charge in [0.05, 0.1) is 10.7 Å². The first-order valence-electron chi connectivity index (χ1n) is 6.63. The molecule has 0 amide bonds. The third-order valence-corrected chi connectivity index (χ3v) is 3.37. The number of halogens is 1. The maximum atomic E-state index is 11.5. The maximum Gasteiger partial charge on any atom is 0.347 e. The molecule has 0 bridgehead atoms. The van der Waals surface area contributed by atoms with Crippen molar-refractivity contribution in [1.29, 1.82) is 0 Å². The molecule has 0 saturated heterocycles. The van der Waals surface area contributed by atoms with Gasteiger partial charge < -0.3 is 5.32 Å². The van der Waals surface area contributed by atoms with Crippen LogP contribution >= 0.6 is 11.6 Å². The Hall–Kier alpha value is -2.34. The number of nitrogens with one attached hydrogen (secondary N) is 2. The smallest absolute Gasteiger partial charge is 0.347 e. The summed E-state index contributed by atoms with van der Waals surface area (Å²) in [5.41, 5.74) is 2.19. The lowest BCUT2D eigenvalue weighted by molar-refractivity contribution is 0.858. The summed E-state index contributed by atoms with van der Waals surface area (Å²) in [5.74, 6) is 0. The Morgan fingerprint density at radius 2 is 2.33 bits per heavy atom. The summed E-state index contributed by atoms with van der Waals surface area (Å²) in [6.07, 6.45) is 7.05. The predicted octanol–water partition coefficient (Wildman–Crippen LogP) is 2.12. The first-order valence-corrected chi connectivity index (χ1v) is 7.01. The van der Waals surface area contributed by atoms with Gasteiger partial charge in [0.25, 0.3) is 0 Å². The molecule has 3 heterocycles. The second kappa shape index (κ2) is 5.97. The zero-order valence-corrected chi connectivity index (χ0v) is 12.0. The normalized spacial score (nSPS) is 10.9. The zero-order valence-electron chi connectivity index (χ0n) is 11.2. The van der Waals surface area contributed by atoms with Crippen LogP contribution in [0, 0.1) is 0 Å². The molecule has 0 aliphatic rings. The number of hydrogen-bond donors (Lipinski definition) is 2. The van der Waals surface area contributed by atoms with Gasteiger partial charge in [-0.15, -0.1) is 0 Å². The first-order chi connectivity index (χ1) is 10.2. The van der Waals surface area contributed by atoms with E-state index in [-0.39, 0.29) is 5.69 Å². The highest BCUT2D eigenvalue weighted by Gasteiger charge is 2.07. The number of hydrogen-bond acceptors (Lipinski definition) is 4. The van der Waals surface area contributed by atoms with Crippen LogP contribution in [-0.2, 0) is 6.42 Å². The molecule has 0 unspecified atom stereocenters. The Morgan fingerprint density at radius 3 is 3.14 bits per heavy atom. The Bertz CT molecular complexity index is 796. The van der Waals surface area contributed by atoms with Gasteiger partial charge >= 0.3 is 5.69 Å². The van der Waals surface area contributed by atoms with Crippen LogP contribution in [0.25, 0.3) is 5.65 Å². The number of aromatic nitrogens is 4. The van der Waals surface area contributed by atoms with Crippen molar-refractivity contribution in [3.63, 3.8) is 0 Å². The van der Waals surface area contributed by atoms with E-state index in [2.05, 4.69) is 26.6 Å². The number of rotatable bonds is 5. The molecule has 0 atom stereocenters. The summed E-state index contributed by atoms with van der Waals surface area (Å²) < 4.78 is 1.39. The van der Waals surface area contributed by atoms with E-state index in [1.54, 1.807) is 18.5 Å². The van der Waals surface area contributed by atoms with Crippen LogP contribution in [0.15, 0.2) is 41.6 Å². The number of nitrogens with zero attached hydrogens (tertiary/aromatic N) is 3. The summed E-state index contributed by atoms with van der Waals surface area (Å²) in [6.45, 7) is 0.756. The third-order valence-electron chi connectivity index (χ3n) is 3.16. The van der Waals surface area contributed by atoms with Crippen molar-refractivity contribution >= 4 is 22.9 Å². The van der Waals surface area contributed by atoms with Crippen LogP contribution in [0.3, 0.4) is 0 Å². The van der Waals surface area contributed by atoms with E-state index in [0.29, 0.717) is 10.7 Å². The molecule has 3 rings (SSSR count). The molecule has 108 valence electrons. The van der Waals surface area contributed by atoms with E-state index in [1.807, 2.05) is 12.3 Å². The fourth-order valence-corrected chi connectivity index (χ4v) is 2.38. The fraction of sp³-hybridized carbons (Fsp3) is 0.214. The van der Waals surface area contributed by atoms with Crippen molar-refractivity contribution in [3.8, 4) is 0 Å². The zero-order chi connectivity index (χ0) is 14.7. The van der Waals surface area contributed by atoms with E-state index < -0.39 is 0 Å². The van der Waals surface area contributed by atoms with Crippen molar-refractivity contribution in [3.05, 3.63) is 57.9 Å². The highest BCUT2D eigenvalue weighted by Crippen LogP contribution is 2.19. The van der Waals surface area contributed by atoms with Gasteiger partial charge in [-0.2, -0.15) is 5.10 Å². The summed E-state index contributed by atoms with van der Waals surface area (Å²) in [6, 6.07) is 5.75. The second-order valence-electron chi connectivity index (χ2n) is 4.69. The average Bonchev–Trinajstić information content (AvgIpc) is 2.86. The Balaban J connectivity index is 1.67. The molecule has 0 aliphatic heterocycles. The number of H-pyrrole nitrogens is 1. The van der Waals surface area contributed by atoms with Crippen molar-refractivity contribution in [2.24, 2.45) is 0 Å². The predicted molar refractivity (Wildman–Crippen MR) is 81.9 cm³/mol. The van der Waals surface area contributed by atoms with Crippen LogP contribution in [0.1, 0.15) is 12.0 Å². The molecule has 0 spiro atoms. The molecule has 7 heteroatoms. The third kappa shape index (κ3) is 3.05. The average molecular weight is 304 g/mol. The molecule has 0 fully saturated rings. The van der Waals surface area contributed by atoms with Crippen molar-refractivity contribution in [1.82, 2.24) is 19.6 Å². The monoisotopic (exact) mass is 303 g/mol. The standard InChI is InChI=1S/C14H14ClN5O/c15-11-7-12(13-18-19-14(21)20(13)9-11)17-6-2-4-10-3-1-5-16-8-10/h1,3,5,7-9,17H,2,4,6H2,(H,19,21). The van der Waals surface area contributed by atoms with Crippen LogP contribution < -0.4 is 11.0 Å². The Morgan fingerprint density at radius 1 is 1.43 bits per heavy atom. The number of aryl methyl sites for hydroxylation is 1. The number of pyridine rings is 2. The number of fused-ring (bicyclic) bond motifs is 1. The topological polar surface area (TPSA) is 75.1 Å². The minimum absolute atomic E-state index is 0.300. The fourth-order valence-electron chi connectivity index (χ4n) is 2.17. The van der Waals surface area contributed by atoms with E-state index in [4.69, 9.17) is 11.6 Å².